The third-order valence-electron chi connectivity index (χ3n) is 3.98. The minimum Gasteiger partial charge on any atom is -0.371 e. The van der Waals surface area contributed by atoms with Crippen LogP contribution in [0.4, 0.5) is 5.69 Å². The van der Waals surface area contributed by atoms with Crippen molar-refractivity contribution in [1.29, 1.82) is 0 Å². The van der Waals surface area contributed by atoms with Gasteiger partial charge in [0.1, 0.15) is 4.90 Å². The van der Waals surface area contributed by atoms with Crippen LogP contribution in [0.25, 0.3) is 0 Å². The van der Waals surface area contributed by atoms with E-state index in [1.807, 2.05) is 4.90 Å². The maximum absolute atomic E-state index is 12.5. The van der Waals surface area contributed by atoms with Crippen LogP contribution < -0.4 is 4.90 Å². The van der Waals surface area contributed by atoms with Crippen LogP contribution in [0.15, 0.2) is 46.5 Å². The lowest BCUT2D eigenvalue weighted by Crippen LogP contribution is -2.49. The van der Waals surface area contributed by atoms with E-state index in [-0.39, 0.29) is 22.3 Å². The zero-order valence-corrected chi connectivity index (χ0v) is 15.5. The van der Waals surface area contributed by atoms with Gasteiger partial charge in [-0.05, 0) is 24.3 Å². The van der Waals surface area contributed by atoms with Gasteiger partial charge in [-0.25, -0.2) is 8.42 Å². The zero-order valence-electron chi connectivity index (χ0n) is 13.9. The average Bonchev–Trinajstić information content (AvgIpc) is 2.92. The third-order valence-corrected chi connectivity index (χ3v) is 6.27. The molecular formula is C15H19N3O5S2. The van der Waals surface area contributed by atoms with Crippen molar-refractivity contribution in [3.8, 4) is 0 Å². The predicted octanol–water partition coefficient (Wildman–Crippen LogP) is 0.665. The van der Waals surface area contributed by atoms with Crippen molar-refractivity contribution in [3.63, 3.8) is 0 Å². The summed E-state index contributed by atoms with van der Waals surface area (Å²) in [6.07, 6.45) is 3.82. The summed E-state index contributed by atoms with van der Waals surface area (Å²) in [6, 6.07) is 6.63. The fourth-order valence-corrected chi connectivity index (χ4v) is 4.30. The highest BCUT2D eigenvalue weighted by atomic mass is 32.2. The molecule has 10 heteroatoms. The van der Waals surface area contributed by atoms with E-state index in [9.17, 15) is 16.8 Å². The molecule has 0 N–H and O–H groups in total. The van der Waals surface area contributed by atoms with Gasteiger partial charge >= 0.3 is 0 Å². The lowest BCUT2D eigenvalue weighted by molar-refractivity contribution is 0.228. The Morgan fingerprint density at radius 1 is 1.12 bits per heavy atom. The molecule has 0 saturated carbocycles. The summed E-state index contributed by atoms with van der Waals surface area (Å²) >= 11 is 0. The van der Waals surface area contributed by atoms with E-state index in [0.717, 1.165) is 11.9 Å². The van der Waals surface area contributed by atoms with Gasteiger partial charge in [-0.3, -0.25) is 8.86 Å². The van der Waals surface area contributed by atoms with Crippen molar-refractivity contribution in [2.45, 2.75) is 9.79 Å². The molecule has 1 aromatic carbocycles. The average molecular weight is 385 g/mol. The first-order valence-electron chi connectivity index (χ1n) is 7.58. The molecule has 0 radical (unpaired) electrons. The Morgan fingerprint density at radius 3 is 2.28 bits per heavy atom. The zero-order chi connectivity index (χ0) is 18.2. The van der Waals surface area contributed by atoms with E-state index in [1.54, 1.807) is 31.3 Å². The summed E-state index contributed by atoms with van der Waals surface area (Å²) in [5.41, 5.74) is 0.890. The Hall–Kier alpha value is -1.91. The molecule has 1 aliphatic rings. The molecule has 1 fully saturated rings. The first-order valence-corrected chi connectivity index (χ1v) is 10.9. The lowest BCUT2D eigenvalue weighted by atomic mass is 10.0. The van der Waals surface area contributed by atoms with Gasteiger partial charge in [0.05, 0.1) is 24.0 Å². The van der Waals surface area contributed by atoms with Crippen LogP contribution >= 0.6 is 0 Å². The maximum Gasteiger partial charge on any atom is 0.264 e. The van der Waals surface area contributed by atoms with Gasteiger partial charge in [-0.1, -0.05) is 0 Å². The van der Waals surface area contributed by atoms with E-state index >= 15 is 0 Å². The Balaban J connectivity index is 1.64. The molecule has 8 nitrogen and oxygen atoms in total. The quantitative estimate of drug-likeness (QED) is 0.674. The molecule has 0 aliphatic carbocycles. The van der Waals surface area contributed by atoms with Crippen LogP contribution in [0, 0.1) is 5.92 Å². The van der Waals surface area contributed by atoms with Crippen LogP contribution in [0.2, 0.25) is 0 Å². The van der Waals surface area contributed by atoms with Gasteiger partial charge < -0.3 is 4.90 Å². The number of sulfone groups is 1. The van der Waals surface area contributed by atoms with Crippen molar-refractivity contribution < 1.29 is 21.0 Å². The molecule has 136 valence electrons. The molecule has 0 bridgehead atoms. The molecule has 0 spiro atoms. The summed E-state index contributed by atoms with van der Waals surface area (Å²) in [6.45, 7) is 1.51. The largest absolute Gasteiger partial charge is 0.371 e. The molecule has 1 aliphatic heterocycles. The smallest absolute Gasteiger partial charge is 0.264 e. The molecule has 0 unspecified atom stereocenters. The van der Waals surface area contributed by atoms with Gasteiger partial charge in [0.15, 0.2) is 0 Å². The summed E-state index contributed by atoms with van der Waals surface area (Å²) < 4.78 is 53.2. The second kappa shape index (κ2) is 6.43. The van der Waals surface area contributed by atoms with Crippen LogP contribution in [-0.2, 0) is 31.2 Å². The number of nitrogens with zero attached hydrogens (tertiary/aromatic N) is 3. The van der Waals surface area contributed by atoms with E-state index in [4.69, 9.17) is 4.18 Å². The number of aryl methyl sites for hydroxylation is 1. The maximum atomic E-state index is 12.5. The molecule has 1 aromatic heterocycles. The monoisotopic (exact) mass is 385 g/mol. The normalized spacial score (nSPS) is 16.0. The third kappa shape index (κ3) is 4.02. The van der Waals surface area contributed by atoms with E-state index in [2.05, 4.69) is 5.10 Å². The SMILES string of the molecule is Cn1cc(S(=O)(=O)c2ccc(N3CC(COS(C)(=O)=O)C3)cc2)cn1. The van der Waals surface area contributed by atoms with Gasteiger partial charge in [0, 0.05) is 37.9 Å². The number of aromatic nitrogens is 2. The Bertz CT molecular complexity index is 959. The standard InChI is InChI=1S/C15H19N3O5S2/c1-17-10-15(7-16-17)25(21,22)14-5-3-13(4-6-14)18-8-12(9-18)11-23-24(2,19)20/h3-7,10,12H,8-9,11H2,1-2H3. The molecular weight excluding hydrogens is 366 g/mol. The van der Waals surface area contributed by atoms with Gasteiger partial charge in [-0.2, -0.15) is 13.5 Å². The molecule has 2 heterocycles. The van der Waals surface area contributed by atoms with Crippen molar-refractivity contribution in [1.82, 2.24) is 9.78 Å². The fourth-order valence-electron chi connectivity index (χ4n) is 2.62. The molecule has 3 rings (SSSR count). The lowest BCUT2D eigenvalue weighted by Gasteiger charge is -2.40. The number of hydrogen-bond acceptors (Lipinski definition) is 7. The first-order chi connectivity index (χ1) is 11.6. The van der Waals surface area contributed by atoms with Crippen LogP contribution in [0.5, 0.6) is 0 Å². The van der Waals surface area contributed by atoms with E-state index in [0.29, 0.717) is 13.1 Å². The minimum absolute atomic E-state index is 0.147. The van der Waals surface area contributed by atoms with Crippen LogP contribution in [-0.4, -0.2) is 52.6 Å². The van der Waals surface area contributed by atoms with Gasteiger partial charge in [0.25, 0.3) is 10.1 Å². The highest BCUT2D eigenvalue weighted by Crippen LogP contribution is 2.28. The Labute approximate surface area is 147 Å². The van der Waals surface area contributed by atoms with Crippen LogP contribution in [0.3, 0.4) is 0 Å². The second-order valence-electron chi connectivity index (χ2n) is 6.11. The van der Waals surface area contributed by atoms with Crippen LogP contribution in [0.1, 0.15) is 0 Å². The molecule has 1 saturated heterocycles. The Kier molecular flexibility index (Phi) is 4.60. The second-order valence-corrected chi connectivity index (χ2v) is 9.70. The molecule has 0 amide bonds. The summed E-state index contributed by atoms with van der Waals surface area (Å²) in [7, 11) is -5.33. The van der Waals surface area contributed by atoms with Gasteiger partial charge in [0.2, 0.25) is 9.84 Å². The van der Waals surface area contributed by atoms with Gasteiger partial charge in [-0.15, -0.1) is 0 Å². The molecule has 2 aromatic rings. The van der Waals surface area contributed by atoms with Crippen molar-refractivity contribution in [3.05, 3.63) is 36.7 Å². The topological polar surface area (TPSA) is 98.6 Å². The number of rotatable bonds is 6. The van der Waals surface area contributed by atoms with Crippen molar-refractivity contribution in [2.75, 3.05) is 30.9 Å². The fraction of sp³-hybridized carbons (Fsp3) is 0.400. The minimum atomic E-state index is -3.57. The summed E-state index contributed by atoms with van der Waals surface area (Å²) in [5.74, 6) is 0.147. The number of anilines is 1. The number of benzene rings is 1. The number of hydrogen-bond donors (Lipinski definition) is 0. The molecule has 0 atom stereocenters. The van der Waals surface area contributed by atoms with E-state index in [1.165, 1.54) is 17.1 Å². The first kappa shape index (κ1) is 17.9. The predicted molar refractivity (Wildman–Crippen MR) is 91.6 cm³/mol. The van der Waals surface area contributed by atoms with E-state index < -0.39 is 20.0 Å². The Morgan fingerprint density at radius 2 is 1.76 bits per heavy atom. The summed E-state index contributed by atoms with van der Waals surface area (Å²) in [5, 5.41) is 3.89. The molecule has 25 heavy (non-hydrogen) atoms. The highest BCUT2D eigenvalue weighted by Gasteiger charge is 2.28. The summed E-state index contributed by atoms with van der Waals surface area (Å²) in [4.78, 5) is 2.41. The van der Waals surface area contributed by atoms with Crippen molar-refractivity contribution >= 4 is 25.6 Å². The highest BCUT2D eigenvalue weighted by molar-refractivity contribution is 7.91. The van der Waals surface area contributed by atoms with Crippen molar-refractivity contribution in [2.24, 2.45) is 13.0 Å².